The minimum atomic E-state index is -3.67. The summed E-state index contributed by atoms with van der Waals surface area (Å²) in [5, 5.41) is 10.7. The molecule has 2 rings (SSSR count). The average Bonchev–Trinajstić information content (AvgIpc) is 2.87. The number of hydrogen-bond acceptors (Lipinski definition) is 5. The van der Waals surface area contributed by atoms with Crippen molar-refractivity contribution >= 4 is 10.0 Å². The number of nitrogens with zero attached hydrogens (tertiary/aromatic N) is 4. The van der Waals surface area contributed by atoms with Crippen LogP contribution in [-0.2, 0) is 17.1 Å². The van der Waals surface area contributed by atoms with Crippen LogP contribution in [0.15, 0.2) is 5.16 Å². The van der Waals surface area contributed by atoms with Crippen LogP contribution in [-0.4, -0.2) is 34.7 Å². The van der Waals surface area contributed by atoms with Gasteiger partial charge in [0.15, 0.2) is 0 Å². The van der Waals surface area contributed by atoms with E-state index in [2.05, 4.69) is 27.1 Å². The molecule has 0 radical (unpaired) electrons. The van der Waals surface area contributed by atoms with Crippen LogP contribution >= 0.6 is 0 Å². The van der Waals surface area contributed by atoms with Gasteiger partial charge in [0.05, 0.1) is 7.05 Å². The molecule has 1 saturated carbocycles. The fourth-order valence-corrected chi connectivity index (χ4v) is 4.05. The summed E-state index contributed by atoms with van der Waals surface area (Å²) in [5.41, 5.74) is 0. The lowest BCUT2D eigenvalue weighted by atomic mass is 9.83. The van der Waals surface area contributed by atoms with Crippen LogP contribution in [0.5, 0.6) is 0 Å². The Balaban J connectivity index is 2.10. The highest BCUT2D eigenvalue weighted by atomic mass is 32.2. The van der Waals surface area contributed by atoms with E-state index in [1.165, 1.54) is 19.3 Å². The highest BCUT2D eigenvalue weighted by Gasteiger charge is 2.29. The van der Waals surface area contributed by atoms with Gasteiger partial charge in [0.1, 0.15) is 0 Å². The minimum absolute atomic E-state index is 0.0193. The predicted octanol–water partition coefficient (Wildman–Crippen LogP) is 1.24. The van der Waals surface area contributed by atoms with Crippen LogP contribution in [0.2, 0.25) is 0 Å². The first-order chi connectivity index (χ1) is 9.53. The molecular formula is C12H23N5O2S. The van der Waals surface area contributed by atoms with E-state index >= 15 is 0 Å². The molecule has 8 heteroatoms. The second-order valence-electron chi connectivity index (χ2n) is 5.48. The van der Waals surface area contributed by atoms with E-state index in [0.717, 1.165) is 30.5 Å². The second-order valence-corrected chi connectivity index (χ2v) is 7.08. The molecule has 0 saturated heterocycles. The van der Waals surface area contributed by atoms with Crippen LogP contribution in [0, 0.1) is 5.92 Å². The summed E-state index contributed by atoms with van der Waals surface area (Å²) >= 11 is 0. The standard InChI is InChI=1S/C12H23N5O2S/c1-3-7-11(10-8-5-4-6-9-10)15-20(18,19)12-13-16-17(2)14-12/h10-11,15H,3-9H2,1-2H3. The van der Waals surface area contributed by atoms with Crippen molar-refractivity contribution in [2.24, 2.45) is 13.0 Å². The largest absolute Gasteiger partial charge is 0.303 e. The lowest BCUT2D eigenvalue weighted by Crippen LogP contribution is -2.41. The monoisotopic (exact) mass is 301 g/mol. The van der Waals surface area contributed by atoms with Crippen molar-refractivity contribution in [2.75, 3.05) is 0 Å². The molecule has 7 nitrogen and oxygen atoms in total. The quantitative estimate of drug-likeness (QED) is 0.853. The van der Waals surface area contributed by atoms with Gasteiger partial charge in [-0.1, -0.05) is 37.7 Å². The molecule has 0 spiro atoms. The minimum Gasteiger partial charge on any atom is -0.205 e. The molecule has 1 N–H and O–H groups in total. The van der Waals surface area contributed by atoms with Gasteiger partial charge in [-0.3, -0.25) is 0 Å². The van der Waals surface area contributed by atoms with E-state index in [1.807, 2.05) is 0 Å². The van der Waals surface area contributed by atoms with Crippen molar-refractivity contribution in [3.63, 3.8) is 0 Å². The fraction of sp³-hybridized carbons (Fsp3) is 0.917. The maximum atomic E-state index is 12.3. The van der Waals surface area contributed by atoms with Gasteiger partial charge >= 0.3 is 5.16 Å². The van der Waals surface area contributed by atoms with Crippen LogP contribution < -0.4 is 4.72 Å². The van der Waals surface area contributed by atoms with Crippen molar-refractivity contribution in [2.45, 2.75) is 63.1 Å². The molecule has 114 valence electrons. The van der Waals surface area contributed by atoms with Crippen molar-refractivity contribution in [3.8, 4) is 0 Å². The molecule has 1 fully saturated rings. The van der Waals surface area contributed by atoms with E-state index in [-0.39, 0.29) is 11.2 Å². The van der Waals surface area contributed by atoms with Gasteiger partial charge in [-0.15, -0.1) is 5.10 Å². The molecular weight excluding hydrogens is 278 g/mol. The Morgan fingerprint density at radius 1 is 1.35 bits per heavy atom. The zero-order valence-electron chi connectivity index (χ0n) is 12.1. The van der Waals surface area contributed by atoms with E-state index < -0.39 is 10.0 Å². The summed E-state index contributed by atoms with van der Waals surface area (Å²) < 4.78 is 27.4. The van der Waals surface area contributed by atoms with Gasteiger partial charge in [0.2, 0.25) is 0 Å². The van der Waals surface area contributed by atoms with Crippen molar-refractivity contribution in [1.29, 1.82) is 0 Å². The molecule has 1 aromatic heterocycles. The Kier molecular flexibility index (Phi) is 5.09. The van der Waals surface area contributed by atoms with Crippen LogP contribution in [0.25, 0.3) is 0 Å². The molecule has 1 heterocycles. The first kappa shape index (κ1) is 15.4. The van der Waals surface area contributed by atoms with Gasteiger partial charge in [-0.05, 0) is 30.4 Å². The maximum Gasteiger partial charge on any atom is 0.303 e. The molecule has 0 amide bonds. The van der Waals surface area contributed by atoms with Gasteiger partial charge in [0, 0.05) is 6.04 Å². The number of hydrogen-bond donors (Lipinski definition) is 1. The van der Waals surface area contributed by atoms with Gasteiger partial charge in [0.25, 0.3) is 10.0 Å². The lowest BCUT2D eigenvalue weighted by Gasteiger charge is -2.30. The normalized spacial score (nSPS) is 19.1. The SMILES string of the molecule is CCCC(NS(=O)(=O)c1nnn(C)n1)C1CCCCC1. The van der Waals surface area contributed by atoms with Crippen LogP contribution in [0.3, 0.4) is 0 Å². The summed E-state index contributed by atoms with van der Waals surface area (Å²) in [5.74, 6) is 0.426. The Bertz CT molecular complexity index is 522. The Morgan fingerprint density at radius 2 is 2.05 bits per heavy atom. The topological polar surface area (TPSA) is 89.8 Å². The zero-order valence-corrected chi connectivity index (χ0v) is 12.9. The smallest absolute Gasteiger partial charge is 0.205 e. The number of nitrogens with one attached hydrogen (secondary N) is 1. The molecule has 1 aromatic rings. The molecule has 20 heavy (non-hydrogen) atoms. The average molecular weight is 301 g/mol. The summed E-state index contributed by atoms with van der Waals surface area (Å²) in [6.07, 6.45) is 7.64. The van der Waals surface area contributed by atoms with Crippen molar-refractivity contribution in [3.05, 3.63) is 0 Å². The number of tetrazole rings is 1. The third kappa shape index (κ3) is 3.76. The molecule has 1 aliphatic rings. The number of sulfonamides is 1. The third-order valence-electron chi connectivity index (χ3n) is 3.86. The Hall–Kier alpha value is -1.02. The van der Waals surface area contributed by atoms with Crippen LogP contribution in [0.4, 0.5) is 0 Å². The second kappa shape index (κ2) is 6.62. The fourth-order valence-electron chi connectivity index (χ4n) is 2.86. The van der Waals surface area contributed by atoms with Gasteiger partial charge in [-0.2, -0.15) is 4.80 Å². The van der Waals surface area contributed by atoms with E-state index in [9.17, 15) is 8.42 Å². The lowest BCUT2D eigenvalue weighted by molar-refractivity contribution is 0.278. The summed E-state index contributed by atoms with van der Waals surface area (Å²) in [6.45, 7) is 2.07. The van der Waals surface area contributed by atoms with Gasteiger partial charge < -0.3 is 0 Å². The number of aromatic nitrogens is 4. The Morgan fingerprint density at radius 3 is 2.60 bits per heavy atom. The van der Waals surface area contributed by atoms with Crippen molar-refractivity contribution < 1.29 is 8.42 Å². The molecule has 1 atom stereocenters. The predicted molar refractivity (Wildman–Crippen MR) is 74.4 cm³/mol. The van der Waals surface area contributed by atoms with E-state index in [1.54, 1.807) is 7.05 Å². The highest BCUT2D eigenvalue weighted by molar-refractivity contribution is 7.89. The third-order valence-corrected chi connectivity index (χ3v) is 5.11. The number of rotatable bonds is 6. The first-order valence-electron chi connectivity index (χ1n) is 7.29. The molecule has 0 aromatic carbocycles. The molecule has 0 aliphatic heterocycles. The highest BCUT2D eigenvalue weighted by Crippen LogP contribution is 2.29. The molecule has 0 bridgehead atoms. The first-order valence-corrected chi connectivity index (χ1v) is 8.77. The summed E-state index contributed by atoms with van der Waals surface area (Å²) in [7, 11) is -2.11. The summed E-state index contributed by atoms with van der Waals surface area (Å²) in [4.78, 5) is 1.16. The molecule has 1 aliphatic carbocycles. The molecule has 1 unspecified atom stereocenters. The maximum absolute atomic E-state index is 12.3. The zero-order chi connectivity index (χ0) is 14.6. The van der Waals surface area contributed by atoms with Gasteiger partial charge in [-0.25, -0.2) is 13.1 Å². The van der Waals surface area contributed by atoms with Crippen molar-refractivity contribution in [1.82, 2.24) is 24.9 Å². The van der Waals surface area contributed by atoms with Crippen LogP contribution in [0.1, 0.15) is 51.9 Å². The number of aryl methyl sites for hydroxylation is 1. The summed E-state index contributed by atoms with van der Waals surface area (Å²) in [6, 6.07) is -0.0193. The Labute approximate surface area is 120 Å². The van der Waals surface area contributed by atoms with E-state index in [0.29, 0.717) is 5.92 Å². The van der Waals surface area contributed by atoms with E-state index in [4.69, 9.17) is 0 Å².